The highest BCUT2D eigenvalue weighted by molar-refractivity contribution is 5.75. The molecule has 2 aromatic heterocycles. The molecule has 0 spiro atoms. The molecule has 1 amide bonds. The Morgan fingerprint density at radius 3 is 2.64 bits per heavy atom. The number of aromatic nitrogens is 2. The van der Waals surface area contributed by atoms with Crippen molar-refractivity contribution in [3.63, 3.8) is 0 Å². The summed E-state index contributed by atoms with van der Waals surface area (Å²) in [4.78, 5) is 14.6. The maximum absolute atomic E-state index is 12.4. The van der Waals surface area contributed by atoms with Gasteiger partial charge in [-0.15, -0.1) is 0 Å². The molecule has 25 heavy (non-hydrogen) atoms. The van der Waals surface area contributed by atoms with Crippen LogP contribution in [0.3, 0.4) is 0 Å². The van der Waals surface area contributed by atoms with Gasteiger partial charge in [0, 0.05) is 25.3 Å². The van der Waals surface area contributed by atoms with Crippen molar-refractivity contribution < 1.29 is 13.9 Å². The molecule has 3 heterocycles. The summed E-state index contributed by atoms with van der Waals surface area (Å²) < 4.78 is 13.0. The van der Waals surface area contributed by atoms with Crippen LogP contribution in [0.15, 0.2) is 22.6 Å². The second-order valence-corrected chi connectivity index (χ2v) is 6.50. The Labute approximate surface area is 147 Å². The number of furan rings is 1. The van der Waals surface area contributed by atoms with E-state index in [2.05, 4.69) is 15.3 Å². The molecule has 0 aliphatic carbocycles. The second-order valence-electron chi connectivity index (χ2n) is 6.50. The maximum atomic E-state index is 12.4. The molecular weight excluding hydrogens is 320 g/mol. The molecule has 1 atom stereocenters. The lowest BCUT2D eigenvalue weighted by Gasteiger charge is -2.33. The van der Waals surface area contributed by atoms with Gasteiger partial charge >= 0.3 is 0 Å². The molecule has 0 saturated carbocycles. The minimum absolute atomic E-state index is 0.0157. The molecule has 1 N–H and O–H groups in total. The molecule has 0 unspecified atom stereocenters. The number of nitrogens with zero attached hydrogens (tertiary/aromatic N) is 3. The minimum Gasteiger partial charge on any atom is -0.465 e. The van der Waals surface area contributed by atoms with Crippen LogP contribution in [0.25, 0.3) is 0 Å². The van der Waals surface area contributed by atoms with E-state index in [-0.39, 0.29) is 18.5 Å². The Morgan fingerprint density at radius 2 is 2.04 bits per heavy atom. The van der Waals surface area contributed by atoms with Crippen molar-refractivity contribution in [2.75, 3.05) is 32.8 Å². The molecule has 0 radical (unpaired) electrons. The van der Waals surface area contributed by atoms with Crippen LogP contribution >= 0.6 is 0 Å². The molecule has 1 aliphatic rings. The molecule has 3 rings (SSSR count). The number of nitrogens with one attached hydrogen (secondary N) is 1. The van der Waals surface area contributed by atoms with Crippen molar-refractivity contribution >= 4 is 5.91 Å². The van der Waals surface area contributed by atoms with E-state index in [1.54, 1.807) is 4.68 Å². The second kappa shape index (κ2) is 7.84. The first kappa shape index (κ1) is 17.7. The third-order valence-corrected chi connectivity index (χ3v) is 4.47. The summed E-state index contributed by atoms with van der Waals surface area (Å²) in [5.41, 5.74) is 1.90. The molecular formula is C18H26N4O3. The predicted octanol–water partition coefficient (Wildman–Crippen LogP) is 1.59. The zero-order valence-corrected chi connectivity index (χ0v) is 15.1. The zero-order valence-electron chi connectivity index (χ0n) is 15.1. The van der Waals surface area contributed by atoms with Crippen LogP contribution in [-0.4, -0.2) is 53.4 Å². The summed E-state index contributed by atoms with van der Waals surface area (Å²) in [6.07, 6.45) is 0. The SMILES string of the molecule is Cc1cc(C)n(CC(=O)NC[C@H](c2ccc(C)o2)N2CCOCC2)n1. The largest absolute Gasteiger partial charge is 0.465 e. The molecule has 1 fully saturated rings. The van der Waals surface area contributed by atoms with E-state index in [4.69, 9.17) is 9.15 Å². The number of ether oxygens (including phenoxy) is 1. The molecule has 1 aliphatic heterocycles. The number of carbonyl (C=O) groups excluding carboxylic acids is 1. The van der Waals surface area contributed by atoms with Gasteiger partial charge in [-0.1, -0.05) is 0 Å². The minimum atomic E-state index is -0.0484. The Morgan fingerprint density at radius 1 is 1.28 bits per heavy atom. The number of morpholine rings is 1. The van der Waals surface area contributed by atoms with Gasteiger partial charge in [0.25, 0.3) is 0 Å². The van der Waals surface area contributed by atoms with Crippen molar-refractivity contribution in [3.8, 4) is 0 Å². The smallest absolute Gasteiger partial charge is 0.241 e. The van der Waals surface area contributed by atoms with Crippen LogP contribution in [0.4, 0.5) is 0 Å². The molecule has 7 nitrogen and oxygen atoms in total. The van der Waals surface area contributed by atoms with Crippen molar-refractivity contribution in [3.05, 3.63) is 41.1 Å². The lowest BCUT2D eigenvalue weighted by Crippen LogP contribution is -2.44. The van der Waals surface area contributed by atoms with Crippen molar-refractivity contribution in [2.24, 2.45) is 0 Å². The van der Waals surface area contributed by atoms with Gasteiger partial charge in [0.05, 0.1) is 24.9 Å². The van der Waals surface area contributed by atoms with Gasteiger partial charge in [0.15, 0.2) is 0 Å². The quantitative estimate of drug-likeness (QED) is 0.860. The van der Waals surface area contributed by atoms with E-state index in [0.29, 0.717) is 19.8 Å². The molecule has 0 bridgehead atoms. The standard InChI is InChI=1S/C18H26N4O3/c1-13-10-14(2)22(20-13)12-18(23)19-11-16(17-5-4-15(3)25-17)21-6-8-24-9-7-21/h4-5,10,16H,6-9,11-12H2,1-3H3,(H,19,23)/t16-/m1/s1. The zero-order chi connectivity index (χ0) is 17.8. The van der Waals surface area contributed by atoms with Crippen LogP contribution in [0, 0.1) is 20.8 Å². The first-order valence-electron chi connectivity index (χ1n) is 8.69. The molecule has 1 saturated heterocycles. The summed E-state index contributed by atoms with van der Waals surface area (Å²) in [6.45, 7) is 9.62. The van der Waals surface area contributed by atoms with Crippen LogP contribution < -0.4 is 5.32 Å². The third-order valence-electron chi connectivity index (χ3n) is 4.47. The first-order valence-corrected chi connectivity index (χ1v) is 8.69. The predicted molar refractivity (Wildman–Crippen MR) is 93.3 cm³/mol. The van der Waals surface area contributed by atoms with Crippen LogP contribution in [0.1, 0.15) is 29.0 Å². The highest BCUT2D eigenvalue weighted by Crippen LogP contribution is 2.23. The number of rotatable bonds is 6. The van der Waals surface area contributed by atoms with Crippen molar-refractivity contribution in [2.45, 2.75) is 33.4 Å². The van der Waals surface area contributed by atoms with E-state index in [9.17, 15) is 4.79 Å². The van der Waals surface area contributed by atoms with Crippen molar-refractivity contribution in [1.82, 2.24) is 20.0 Å². The van der Waals surface area contributed by atoms with E-state index in [1.807, 2.05) is 39.0 Å². The Balaban J connectivity index is 1.63. The average Bonchev–Trinajstić information content (AvgIpc) is 3.14. The number of amides is 1. The van der Waals surface area contributed by atoms with Gasteiger partial charge in [-0.3, -0.25) is 14.4 Å². The summed E-state index contributed by atoms with van der Waals surface area (Å²) in [7, 11) is 0. The molecule has 2 aromatic rings. The Bertz CT molecular complexity index is 716. The Kier molecular flexibility index (Phi) is 5.55. The van der Waals surface area contributed by atoms with E-state index < -0.39 is 0 Å². The van der Waals surface area contributed by atoms with Gasteiger partial charge < -0.3 is 14.5 Å². The van der Waals surface area contributed by atoms with Crippen molar-refractivity contribution in [1.29, 1.82) is 0 Å². The fourth-order valence-electron chi connectivity index (χ4n) is 3.17. The number of carbonyl (C=O) groups is 1. The van der Waals surface area contributed by atoms with Gasteiger partial charge in [-0.05, 0) is 39.0 Å². The fraction of sp³-hybridized carbons (Fsp3) is 0.556. The fourth-order valence-corrected chi connectivity index (χ4v) is 3.17. The topological polar surface area (TPSA) is 72.5 Å². The summed E-state index contributed by atoms with van der Waals surface area (Å²) in [6, 6.07) is 5.93. The summed E-state index contributed by atoms with van der Waals surface area (Å²) in [5, 5.41) is 7.37. The van der Waals surface area contributed by atoms with Gasteiger partial charge in [0.1, 0.15) is 18.1 Å². The molecule has 0 aromatic carbocycles. The lowest BCUT2D eigenvalue weighted by atomic mass is 10.1. The maximum Gasteiger partial charge on any atom is 0.241 e. The normalized spacial score (nSPS) is 16.8. The highest BCUT2D eigenvalue weighted by Gasteiger charge is 2.25. The van der Waals surface area contributed by atoms with E-state index >= 15 is 0 Å². The lowest BCUT2D eigenvalue weighted by molar-refractivity contribution is -0.122. The van der Waals surface area contributed by atoms with Gasteiger partial charge in [0.2, 0.25) is 5.91 Å². The number of hydrogen-bond acceptors (Lipinski definition) is 5. The van der Waals surface area contributed by atoms with Crippen LogP contribution in [0.2, 0.25) is 0 Å². The number of hydrogen-bond donors (Lipinski definition) is 1. The highest BCUT2D eigenvalue weighted by atomic mass is 16.5. The molecule has 136 valence electrons. The van der Waals surface area contributed by atoms with Gasteiger partial charge in [-0.25, -0.2) is 0 Å². The van der Waals surface area contributed by atoms with E-state index in [0.717, 1.165) is 36.0 Å². The summed E-state index contributed by atoms with van der Waals surface area (Å²) in [5.74, 6) is 1.71. The Hall–Kier alpha value is -2.12. The first-order chi connectivity index (χ1) is 12.0. The van der Waals surface area contributed by atoms with E-state index in [1.165, 1.54) is 0 Å². The average molecular weight is 346 g/mol. The monoisotopic (exact) mass is 346 g/mol. The number of aryl methyl sites for hydroxylation is 3. The van der Waals surface area contributed by atoms with Crippen LogP contribution in [0.5, 0.6) is 0 Å². The third kappa shape index (κ3) is 4.49. The van der Waals surface area contributed by atoms with Gasteiger partial charge in [-0.2, -0.15) is 5.10 Å². The van der Waals surface area contributed by atoms with Crippen LogP contribution in [-0.2, 0) is 16.1 Å². The summed E-state index contributed by atoms with van der Waals surface area (Å²) >= 11 is 0. The molecule has 7 heteroatoms.